The number of carbonyl (C=O) groups excluding carboxylic acids is 2. The molecule has 0 saturated heterocycles. The first-order chi connectivity index (χ1) is 13.5. The van der Waals surface area contributed by atoms with Crippen LogP contribution in [0.25, 0.3) is 0 Å². The molecule has 4 heteroatoms. The monoisotopic (exact) mass is 396 g/mol. The molecule has 4 nitrogen and oxygen atoms in total. The number of carboxylic acid groups (broad SMARTS) is 1. The van der Waals surface area contributed by atoms with E-state index >= 15 is 0 Å². The molecule has 4 atom stereocenters. The van der Waals surface area contributed by atoms with E-state index in [1.807, 2.05) is 33.8 Å². The Labute approximate surface area is 173 Å². The number of aliphatic carboxylic acids is 1. The fourth-order valence-corrected chi connectivity index (χ4v) is 4.76. The second-order valence-corrected chi connectivity index (χ2v) is 8.62. The molecule has 0 aromatic rings. The zero-order valence-electron chi connectivity index (χ0n) is 18.3. The Morgan fingerprint density at radius 1 is 1.14 bits per heavy atom. The quantitative estimate of drug-likeness (QED) is 0.493. The van der Waals surface area contributed by atoms with Crippen LogP contribution in [-0.4, -0.2) is 22.6 Å². The molecule has 2 aliphatic carbocycles. The van der Waals surface area contributed by atoms with Crippen molar-refractivity contribution in [3.63, 3.8) is 0 Å². The van der Waals surface area contributed by atoms with Crippen molar-refractivity contribution in [1.82, 2.24) is 0 Å². The molecule has 0 aromatic heterocycles. The van der Waals surface area contributed by atoms with Gasteiger partial charge in [0.2, 0.25) is 0 Å². The van der Waals surface area contributed by atoms with Crippen LogP contribution in [0.4, 0.5) is 0 Å². The first-order valence-electron chi connectivity index (χ1n) is 10.2. The first kappa shape index (κ1) is 22.8. The van der Waals surface area contributed by atoms with Gasteiger partial charge in [0.15, 0.2) is 0 Å². The highest BCUT2D eigenvalue weighted by Crippen LogP contribution is 2.47. The van der Waals surface area contributed by atoms with Gasteiger partial charge in [-0.15, -0.1) is 0 Å². The Morgan fingerprint density at radius 3 is 2.38 bits per heavy atom. The lowest BCUT2D eigenvalue weighted by Gasteiger charge is -2.42. The second kappa shape index (κ2) is 9.34. The fourth-order valence-electron chi connectivity index (χ4n) is 4.76. The van der Waals surface area contributed by atoms with Crippen LogP contribution in [0.15, 0.2) is 58.2 Å². The van der Waals surface area contributed by atoms with Crippen molar-refractivity contribution in [1.29, 1.82) is 0 Å². The maximum Gasteiger partial charge on any atom is 0.328 e. The molecule has 0 amide bonds. The van der Waals surface area contributed by atoms with Crippen molar-refractivity contribution < 1.29 is 19.5 Å². The van der Waals surface area contributed by atoms with E-state index in [9.17, 15) is 14.4 Å². The zero-order valence-corrected chi connectivity index (χ0v) is 18.3. The maximum absolute atomic E-state index is 12.7. The van der Waals surface area contributed by atoms with E-state index < -0.39 is 5.97 Å². The highest BCUT2D eigenvalue weighted by Gasteiger charge is 2.42. The molecule has 1 saturated carbocycles. The summed E-state index contributed by atoms with van der Waals surface area (Å²) in [5, 5.41) is 8.81. The molecule has 156 valence electrons. The van der Waals surface area contributed by atoms with Gasteiger partial charge in [-0.1, -0.05) is 66.0 Å². The van der Waals surface area contributed by atoms with Gasteiger partial charge < -0.3 is 5.11 Å². The molecule has 29 heavy (non-hydrogen) atoms. The molecule has 1 fully saturated rings. The normalized spacial score (nSPS) is 28.5. The Bertz CT molecular complexity index is 863. The van der Waals surface area contributed by atoms with E-state index in [0.29, 0.717) is 12.2 Å². The molecule has 0 bridgehead atoms. The third-order valence-electron chi connectivity index (χ3n) is 5.97. The summed E-state index contributed by atoms with van der Waals surface area (Å²) in [7, 11) is 0. The Balaban J connectivity index is 2.50. The number of allylic oxidation sites excluding steroid dienone is 9. The third-order valence-corrected chi connectivity index (χ3v) is 5.97. The summed E-state index contributed by atoms with van der Waals surface area (Å²) in [6, 6.07) is 0. The van der Waals surface area contributed by atoms with Crippen molar-refractivity contribution in [3.8, 4) is 0 Å². The number of carbonyl (C=O) groups is 3. The van der Waals surface area contributed by atoms with Crippen LogP contribution in [0.1, 0.15) is 54.4 Å². The van der Waals surface area contributed by atoms with Crippen LogP contribution >= 0.6 is 0 Å². The van der Waals surface area contributed by atoms with E-state index in [1.165, 1.54) is 5.57 Å². The summed E-state index contributed by atoms with van der Waals surface area (Å²) >= 11 is 0. The average Bonchev–Trinajstić information content (AvgIpc) is 2.60. The summed E-state index contributed by atoms with van der Waals surface area (Å²) in [6.07, 6.45) is 10.1. The summed E-state index contributed by atoms with van der Waals surface area (Å²) in [5.41, 5.74) is 5.35. The molecule has 1 N–H and O–H groups in total. The van der Waals surface area contributed by atoms with Crippen LogP contribution in [0.2, 0.25) is 0 Å². The smallest absolute Gasteiger partial charge is 0.328 e. The van der Waals surface area contributed by atoms with E-state index in [1.54, 1.807) is 13.0 Å². The number of fused-ring (bicyclic) bond motifs is 1. The number of rotatable bonds is 6. The average molecular weight is 397 g/mol. The molecule has 0 aliphatic heterocycles. The molecule has 0 unspecified atom stereocenters. The summed E-state index contributed by atoms with van der Waals surface area (Å²) in [6.45, 7) is 11.5. The van der Waals surface area contributed by atoms with Crippen molar-refractivity contribution in [2.24, 2.45) is 23.7 Å². The van der Waals surface area contributed by atoms with Gasteiger partial charge in [-0.05, 0) is 40.0 Å². The largest absolute Gasteiger partial charge is 0.478 e. The number of hydrogen-bond acceptors (Lipinski definition) is 3. The Kier molecular flexibility index (Phi) is 7.34. The number of hydrogen-bond donors (Lipinski definition) is 1. The maximum atomic E-state index is 12.7. The number of ketones is 2. The topological polar surface area (TPSA) is 71.4 Å². The van der Waals surface area contributed by atoms with Gasteiger partial charge in [-0.2, -0.15) is 0 Å². The highest BCUT2D eigenvalue weighted by atomic mass is 16.4. The molecule has 0 heterocycles. The standard InChI is InChI=1S/C25H32O4/c1-14(7-8-23(27)28)9-15(2)10-22-21(13-18(5)26)16(3)11-20-12-17(4)25(29)19(6)24(20)22/h7-11,17,19,22,24H,12-13H2,1-6H3,(H,27,28)/b8-7+,14-9+,15-10+/t17-,19+,22+,24+/m1/s1. The lowest BCUT2D eigenvalue weighted by atomic mass is 9.61. The third kappa shape index (κ3) is 5.53. The predicted molar refractivity (Wildman–Crippen MR) is 115 cm³/mol. The van der Waals surface area contributed by atoms with Crippen molar-refractivity contribution in [2.45, 2.75) is 54.4 Å². The van der Waals surface area contributed by atoms with E-state index in [4.69, 9.17) is 5.11 Å². The molecular formula is C25H32O4. The summed E-state index contributed by atoms with van der Waals surface area (Å²) < 4.78 is 0. The van der Waals surface area contributed by atoms with Crippen LogP contribution in [0, 0.1) is 23.7 Å². The highest BCUT2D eigenvalue weighted by molar-refractivity contribution is 5.86. The molecule has 0 radical (unpaired) electrons. The summed E-state index contributed by atoms with van der Waals surface area (Å²) in [5.74, 6) is -0.553. The second-order valence-electron chi connectivity index (χ2n) is 8.62. The van der Waals surface area contributed by atoms with Gasteiger partial charge in [0.25, 0.3) is 0 Å². The minimum atomic E-state index is -0.979. The molecule has 0 aromatic carbocycles. The van der Waals surface area contributed by atoms with Gasteiger partial charge in [0.1, 0.15) is 11.6 Å². The van der Waals surface area contributed by atoms with Gasteiger partial charge in [-0.3, -0.25) is 9.59 Å². The van der Waals surface area contributed by atoms with Gasteiger partial charge >= 0.3 is 5.97 Å². The van der Waals surface area contributed by atoms with Gasteiger partial charge in [0, 0.05) is 30.3 Å². The minimum absolute atomic E-state index is 0.00199. The SMILES string of the molecule is CC(=O)CC1=C(C)C=C2C[C@@H](C)C(=O)[C@@H](C)[C@@H]2[C@H]1/C=C(C)/C=C(C)/C=C/C(=O)O. The van der Waals surface area contributed by atoms with E-state index in [0.717, 1.165) is 34.8 Å². The summed E-state index contributed by atoms with van der Waals surface area (Å²) in [4.78, 5) is 35.4. The van der Waals surface area contributed by atoms with Crippen LogP contribution in [0.5, 0.6) is 0 Å². The first-order valence-corrected chi connectivity index (χ1v) is 10.2. The number of Topliss-reactive ketones (excluding diaryl/α,β-unsaturated/α-hetero) is 2. The lowest BCUT2D eigenvalue weighted by Crippen LogP contribution is -2.39. The van der Waals surface area contributed by atoms with Gasteiger partial charge in [-0.25, -0.2) is 4.79 Å². The van der Waals surface area contributed by atoms with Gasteiger partial charge in [0.05, 0.1) is 0 Å². The fraction of sp³-hybridized carbons (Fsp3) is 0.480. The predicted octanol–water partition coefficient (Wildman–Crippen LogP) is 5.23. The zero-order chi connectivity index (χ0) is 21.9. The van der Waals surface area contributed by atoms with Crippen molar-refractivity contribution in [3.05, 3.63) is 58.2 Å². The Hall–Kier alpha value is -2.49. The van der Waals surface area contributed by atoms with E-state index in [2.05, 4.69) is 19.1 Å². The molecule has 0 spiro atoms. The van der Waals surface area contributed by atoms with Crippen LogP contribution in [0.3, 0.4) is 0 Å². The van der Waals surface area contributed by atoms with Crippen LogP contribution < -0.4 is 0 Å². The number of carboxylic acids is 1. The minimum Gasteiger partial charge on any atom is -0.478 e. The van der Waals surface area contributed by atoms with Crippen molar-refractivity contribution >= 4 is 17.5 Å². The Morgan fingerprint density at radius 2 is 1.79 bits per heavy atom. The lowest BCUT2D eigenvalue weighted by molar-refractivity contribution is -0.131. The molecule has 2 aliphatic rings. The molecular weight excluding hydrogens is 364 g/mol. The van der Waals surface area contributed by atoms with E-state index in [-0.39, 0.29) is 29.5 Å². The molecule has 2 rings (SSSR count). The van der Waals surface area contributed by atoms with Crippen LogP contribution in [-0.2, 0) is 14.4 Å². The van der Waals surface area contributed by atoms with Crippen molar-refractivity contribution in [2.75, 3.05) is 0 Å².